The third-order valence-electron chi connectivity index (χ3n) is 2.92. The molecule has 0 aliphatic carbocycles. The monoisotopic (exact) mass is 422 g/mol. The van der Waals surface area contributed by atoms with Crippen molar-refractivity contribution in [2.45, 2.75) is 11.1 Å². The lowest BCUT2D eigenvalue weighted by molar-refractivity contribution is -0.385. The van der Waals surface area contributed by atoms with Gasteiger partial charge in [0.1, 0.15) is 5.75 Å². The van der Waals surface area contributed by atoms with Gasteiger partial charge in [0, 0.05) is 17.8 Å². The van der Waals surface area contributed by atoms with Gasteiger partial charge in [0.15, 0.2) is 0 Å². The lowest BCUT2D eigenvalue weighted by atomic mass is 10.2. The maximum absolute atomic E-state index is 12.5. The fourth-order valence-electron chi connectivity index (χ4n) is 1.74. The summed E-state index contributed by atoms with van der Waals surface area (Å²) in [6.07, 6.45) is -4.40. The highest BCUT2D eigenvalue weighted by Gasteiger charge is 2.29. The van der Waals surface area contributed by atoms with Crippen molar-refractivity contribution in [3.05, 3.63) is 56.5 Å². The molecule has 0 fully saturated rings. The number of anilines is 1. The van der Waals surface area contributed by atoms with Gasteiger partial charge in [0.05, 0.1) is 27.0 Å². The summed E-state index contributed by atoms with van der Waals surface area (Å²) in [5.41, 5.74) is -0.483. The Morgan fingerprint density at radius 2 is 1.88 bits per heavy atom. The second kappa shape index (κ2) is 7.31. The molecule has 0 radical (unpaired) electrons. The smallest absolute Gasteiger partial charge is 0.416 e. The van der Waals surface area contributed by atoms with Crippen LogP contribution in [0.15, 0.2) is 45.8 Å². The molecule has 0 heterocycles. The molecular formula is C14H10BrF3N2O3S. The number of hydrogen-bond donors (Lipinski definition) is 1. The molecule has 0 bridgehead atoms. The number of ether oxygens (including phenoxy) is 1. The molecule has 1 N–H and O–H groups in total. The molecule has 0 spiro atoms. The Morgan fingerprint density at radius 3 is 2.38 bits per heavy atom. The first-order valence-corrected chi connectivity index (χ1v) is 7.95. The Balaban J connectivity index is 2.19. The molecule has 2 aromatic rings. The van der Waals surface area contributed by atoms with Gasteiger partial charge in [-0.05, 0) is 52.1 Å². The highest BCUT2D eigenvalue weighted by molar-refractivity contribution is 9.10. The SMILES string of the molecule is COc1cc(Br)c([N+](=O)[O-])cc1SNc1ccc(C(F)(F)F)cc1. The van der Waals surface area contributed by atoms with Crippen LogP contribution in [0, 0.1) is 10.1 Å². The number of nitro groups is 1. The van der Waals surface area contributed by atoms with Crippen LogP contribution in [0.2, 0.25) is 0 Å². The predicted octanol–water partition coefficient (Wildman–Crippen LogP) is 5.50. The maximum atomic E-state index is 12.5. The Morgan fingerprint density at radius 1 is 1.25 bits per heavy atom. The highest BCUT2D eigenvalue weighted by atomic mass is 79.9. The molecule has 0 unspecified atom stereocenters. The van der Waals surface area contributed by atoms with E-state index in [1.165, 1.54) is 31.4 Å². The summed E-state index contributed by atoms with van der Waals surface area (Å²) < 4.78 is 45.8. The van der Waals surface area contributed by atoms with Crippen molar-refractivity contribution in [2.24, 2.45) is 0 Å². The minimum atomic E-state index is -4.40. The Hall–Kier alpha value is -1.94. The minimum absolute atomic E-state index is 0.146. The number of nitro benzene ring substituents is 1. The van der Waals surface area contributed by atoms with Crippen LogP contribution in [0.4, 0.5) is 24.5 Å². The lowest BCUT2D eigenvalue weighted by Crippen LogP contribution is -2.04. The number of benzene rings is 2. The van der Waals surface area contributed by atoms with Crippen LogP contribution in [0.1, 0.15) is 5.56 Å². The summed E-state index contributed by atoms with van der Waals surface area (Å²) in [7, 11) is 1.41. The molecule has 128 valence electrons. The van der Waals surface area contributed by atoms with E-state index >= 15 is 0 Å². The third-order valence-corrected chi connectivity index (χ3v) is 4.43. The topological polar surface area (TPSA) is 64.4 Å². The van der Waals surface area contributed by atoms with Gasteiger partial charge in [-0.25, -0.2) is 0 Å². The minimum Gasteiger partial charge on any atom is -0.495 e. The van der Waals surface area contributed by atoms with E-state index in [0.717, 1.165) is 24.1 Å². The van der Waals surface area contributed by atoms with Crippen molar-refractivity contribution in [3.8, 4) is 5.75 Å². The van der Waals surface area contributed by atoms with E-state index in [1.807, 2.05) is 0 Å². The van der Waals surface area contributed by atoms with Crippen molar-refractivity contribution in [1.82, 2.24) is 0 Å². The van der Waals surface area contributed by atoms with Crippen LogP contribution in [-0.2, 0) is 6.18 Å². The number of methoxy groups -OCH3 is 1. The van der Waals surface area contributed by atoms with Gasteiger partial charge >= 0.3 is 6.18 Å². The zero-order valence-corrected chi connectivity index (χ0v) is 14.5. The first-order valence-electron chi connectivity index (χ1n) is 6.34. The van der Waals surface area contributed by atoms with E-state index in [9.17, 15) is 23.3 Å². The van der Waals surface area contributed by atoms with Gasteiger partial charge in [-0.1, -0.05) is 0 Å². The van der Waals surface area contributed by atoms with Crippen molar-refractivity contribution in [2.75, 3.05) is 11.8 Å². The van der Waals surface area contributed by atoms with E-state index in [4.69, 9.17) is 4.74 Å². The van der Waals surface area contributed by atoms with E-state index in [0.29, 0.717) is 16.3 Å². The molecule has 24 heavy (non-hydrogen) atoms. The normalized spacial score (nSPS) is 11.2. The van der Waals surface area contributed by atoms with E-state index in [-0.39, 0.29) is 10.2 Å². The number of nitrogens with zero attached hydrogens (tertiary/aromatic N) is 1. The molecule has 0 saturated heterocycles. The van der Waals surface area contributed by atoms with E-state index < -0.39 is 16.7 Å². The van der Waals surface area contributed by atoms with Crippen LogP contribution < -0.4 is 9.46 Å². The average molecular weight is 423 g/mol. The summed E-state index contributed by atoms with van der Waals surface area (Å²) in [6, 6.07) is 7.21. The first kappa shape index (κ1) is 18.4. The Kier molecular flexibility index (Phi) is 5.60. The van der Waals surface area contributed by atoms with Crippen LogP contribution in [0.5, 0.6) is 5.75 Å². The second-order valence-corrected chi connectivity index (χ2v) is 6.19. The van der Waals surface area contributed by atoms with Crippen LogP contribution >= 0.6 is 27.9 Å². The summed E-state index contributed by atoms with van der Waals surface area (Å²) in [5, 5.41) is 11.0. The van der Waals surface area contributed by atoms with Crippen molar-refractivity contribution >= 4 is 39.3 Å². The molecule has 0 aliphatic rings. The zero-order chi connectivity index (χ0) is 17.9. The molecule has 2 rings (SSSR count). The summed E-state index contributed by atoms with van der Waals surface area (Å²) in [6.45, 7) is 0. The number of halogens is 4. The van der Waals surface area contributed by atoms with Gasteiger partial charge in [-0.15, -0.1) is 0 Å². The fraction of sp³-hybridized carbons (Fsp3) is 0.143. The highest BCUT2D eigenvalue weighted by Crippen LogP contribution is 2.38. The van der Waals surface area contributed by atoms with Crippen LogP contribution in [0.25, 0.3) is 0 Å². The molecule has 0 atom stereocenters. The summed E-state index contributed by atoms with van der Waals surface area (Å²) >= 11 is 4.08. The molecule has 0 aliphatic heterocycles. The van der Waals surface area contributed by atoms with Crippen molar-refractivity contribution in [3.63, 3.8) is 0 Å². The summed E-state index contributed by atoms with van der Waals surface area (Å²) in [4.78, 5) is 10.9. The summed E-state index contributed by atoms with van der Waals surface area (Å²) in [5.74, 6) is 0.386. The first-order chi connectivity index (χ1) is 11.2. The van der Waals surface area contributed by atoms with E-state index in [2.05, 4.69) is 20.7 Å². The standard InChI is InChI=1S/C14H10BrF3N2O3S/c1-23-12-6-10(15)11(20(21)22)7-13(12)24-19-9-4-2-8(3-5-9)14(16,17)18/h2-7,19H,1H3. The van der Waals surface area contributed by atoms with Gasteiger partial charge in [-0.3, -0.25) is 10.1 Å². The maximum Gasteiger partial charge on any atom is 0.416 e. The number of alkyl halides is 3. The van der Waals surface area contributed by atoms with Crippen molar-refractivity contribution in [1.29, 1.82) is 0 Å². The molecule has 0 amide bonds. The molecule has 10 heteroatoms. The third kappa shape index (κ3) is 4.32. The zero-order valence-electron chi connectivity index (χ0n) is 12.1. The fourth-order valence-corrected chi connectivity index (χ4v) is 2.99. The average Bonchev–Trinajstić information content (AvgIpc) is 2.52. The lowest BCUT2D eigenvalue weighted by Gasteiger charge is -2.11. The molecule has 0 saturated carbocycles. The van der Waals surface area contributed by atoms with Gasteiger partial charge in [0.2, 0.25) is 0 Å². The predicted molar refractivity (Wildman–Crippen MR) is 88.3 cm³/mol. The molecular weight excluding hydrogens is 413 g/mol. The molecule has 5 nitrogen and oxygen atoms in total. The van der Waals surface area contributed by atoms with Gasteiger partial charge < -0.3 is 9.46 Å². The largest absolute Gasteiger partial charge is 0.495 e. The number of rotatable bonds is 5. The Bertz CT molecular complexity index is 754. The van der Waals surface area contributed by atoms with Crippen molar-refractivity contribution < 1.29 is 22.8 Å². The molecule has 2 aromatic carbocycles. The van der Waals surface area contributed by atoms with E-state index in [1.54, 1.807) is 0 Å². The Labute approximate surface area is 147 Å². The van der Waals surface area contributed by atoms with Gasteiger partial charge in [-0.2, -0.15) is 13.2 Å². The van der Waals surface area contributed by atoms with Gasteiger partial charge in [0.25, 0.3) is 5.69 Å². The number of nitrogens with one attached hydrogen (secondary N) is 1. The number of hydrogen-bond acceptors (Lipinski definition) is 5. The van der Waals surface area contributed by atoms with Crippen LogP contribution in [0.3, 0.4) is 0 Å². The van der Waals surface area contributed by atoms with Crippen LogP contribution in [-0.4, -0.2) is 12.0 Å². The quantitative estimate of drug-likeness (QED) is 0.391. The second-order valence-electron chi connectivity index (χ2n) is 4.49. The molecule has 0 aromatic heterocycles.